The molecule has 1 fully saturated rings. The molecule has 1 heterocycles. The Bertz CT molecular complexity index is 391. The third-order valence-electron chi connectivity index (χ3n) is 3.17. The number of carbonyl (C=O) groups excluding carboxylic acids is 1. The van der Waals surface area contributed by atoms with Gasteiger partial charge in [-0.05, 0) is 17.7 Å². The van der Waals surface area contributed by atoms with Crippen molar-refractivity contribution < 1.29 is 9.18 Å². The summed E-state index contributed by atoms with van der Waals surface area (Å²) in [5.41, 5.74) is 7.22. The first-order valence-corrected chi connectivity index (χ1v) is 5.30. The van der Waals surface area contributed by atoms with Gasteiger partial charge in [-0.1, -0.05) is 12.1 Å². The van der Waals surface area contributed by atoms with Crippen molar-refractivity contribution in [2.24, 2.45) is 5.92 Å². The fourth-order valence-electron chi connectivity index (χ4n) is 2.28. The Morgan fingerprint density at radius 1 is 1.44 bits per heavy atom. The highest BCUT2D eigenvalue weighted by molar-refractivity contribution is 5.79. The predicted octanol–water partition coefficient (Wildman–Crippen LogP) is 1.76. The maximum Gasteiger partial charge on any atom is 0.223 e. The molecule has 3 nitrogen and oxygen atoms in total. The molecule has 0 saturated carbocycles. The van der Waals surface area contributed by atoms with Crippen LogP contribution in [-0.4, -0.2) is 24.5 Å². The SMILES string of the molecule is CN1C(=O)CC(CF)C1c1ccc(N)cc1. The number of alkyl halides is 1. The summed E-state index contributed by atoms with van der Waals surface area (Å²) in [6, 6.07) is 7.12. The molecule has 86 valence electrons. The number of nitrogen functional groups attached to an aromatic ring is 1. The van der Waals surface area contributed by atoms with Gasteiger partial charge in [0.2, 0.25) is 5.91 Å². The van der Waals surface area contributed by atoms with Crippen molar-refractivity contribution in [2.45, 2.75) is 12.5 Å². The summed E-state index contributed by atoms with van der Waals surface area (Å²) in [5, 5.41) is 0. The van der Waals surface area contributed by atoms with E-state index in [2.05, 4.69) is 0 Å². The molecule has 2 rings (SSSR count). The van der Waals surface area contributed by atoms with E-state index in [1.54, 1.807) is 24.1 Å². The lowest BCUT2D eigenvalue weighted by atomic mass is 9.95. The monoisotopic (exact) mass is 222 g/mol. The highest BCUT2D eigenvalue weighted by atomic mass is 19.1. The number of benzene rings is 1. The first kappa shape index (κ1) is 10.9. The topological polar surface area (TPSA) is 46.3 Å². The van der Waals surface area contributed by atoms with Gasteiger partial charge in [0.15, 0.2) is 0 Å². The van der Waals surface area contributed by atoms with Gasteiger partial charge in [-0.3, -0.25) is 9.18 Å². The van der Waals surface area contributed by atoms with Gasteiger partial charge in [-0.15, -0.1) is 0 Å². The molecule has 0 spiro atoms. The van der Waals surface area contributed by atoms with Crippen molar-refractivity contribution in [3.8, 4) is 0 Å². The van der Waals surface area contributed by atoms with Crippen molar-refractivity contribution in [2.75, 3.05) is 19.5 Å². The van der Waals surface area contributed by atoms with Crippen LogP contribution in [0, 0.1) is 5.92 Å². The third-order valence-corrected chi connectivity index (χ3v) is 3.17. The number of nitrogens with zero attached hydrogens (tertiary/aromatic N) is 1. The zero-order valence-corrected chi connectivity index (χ0v) is 9.19. The number of halogens is 1. The van der Waals surface area contributed by atoms with Gasteiger partial charge in [0.05, 0.1) is 12.7 Å². The maximum atomic E-state index is 12.9. The molecule has 0 bridgehead atoms. The van der Waals surface area contributed by atoms with Crippen molar-refractivity contribution in [1.29, 1.82) is 0 Å². The van der Waals surface area contributed by atoms with Gasteiger partial charge in [0, 0.05) is 25.1 Å². The summed E-state index contributed by atoms with van der Waals surface area (Å²) in [6.07, 6.45) is 0.294. The number of amides is 1. The molecule has 1 aliphatic rings. The van der Waals surface area contributed by atoms with Crippen LogP contribution in [0.5, 0.6) is 0 Å². The molecule has 4 heteroatoms. The average Bonchev–Trinajstić information content (AvgIpc) is 2.57. The second kappa shape index (κ2) is 4.12. The van der Waals surface area contributed by atoms with Crippen molar-refractivity contribution in [3.05, 3.63) is 29.8 Å². The number of anilines is 1. The number of likely N-dealkylation sites (tertiary alicyclic amines) is 1. The Balaban J connectivity index is 2.31. The van der Waals surface area contributed by atoms with Gasteiger partial charge in [0.25, 0.3) is 0 Å². The highest BCUT2D eigenvalue weighted by Gasteiger charge is 2.38. The molecule has 1 aromatic carbocycles. The van der Waals surface area contributed by atoms with E-state index in [1.807, 2.05) is 12.1 Å². The van der Waals surface area contributed by atoms with Gasteiger partial charge >= 0.3 is 0 Å². The van der Waals surface area contributed by atoms with E-state index in [1.165, 1.54) is 0 Å². The third kappa shape index (κ3) is 1.75. The molecule has 2 atom stereocenters. The number of carbonyl (C=O) groups is 1. The quantitative estimate of drug-likeness (QED) is 0.775. The molecule has 2 unspecified atom stereocenters. The Morgan fingerprint density at radius 3 is 2.62 bits per heavy atom. The molecular formula is C12H15FN2O. The van der Waals surface area contributed by atoms with Crippen LogP contribution in [0.3, 0.4) is 0 Å². The first-order chi connectivity index (χ1) is 7.63. The highest BCUT2D eigenvalue weighted by Crippen LogP contribution is 2.37. The van der Waals surface area contributed by atoms with E-state index in [9.17, 15) is 9.18 Å². The van der Waals surface area contributed by atoms with Crippen LogP contribution in [-0.2, 0) is 4.79 Å². The molecule has 0 aliphatic carbocycles. The van der Waals surface area contributed by atoms with Crippen molar-refractivity contribution >= 4 is 11.6 Å². The minimum absolute atomic E-state index is 0.00414. The fourth-order valence-corrected chi connectivity index (χ4v) is 2.28. The molecule has 0 radical (unpaired) electrons. The van der Waals surface area contributed by atoms with Crippen LogP contribution in [0.2, 0.25) is 0 Å². The largest absolute Gasteiger partial charge is 0.399 e. The molecule has 1 aliphatic heterocycles. The zero-order chi connectivity index (χ0) is 11.7. The molecule has 2 N–H and O–H groups in total. The van der Waals surface area contributed by atoms with Crippen LogP contribution in [0.4, 0.5) is 10.1 Å². The first-order valence-electron chi connectivity index (χ1n) is 5.30. The number of hydrogen-bond donors (Lipinski definition) is 1. The van der Waals surface area contributed by atoms with Gasteiger partial charge in [-0.25, -0.2) is 0 Å². The molecule has 1 aromatic rings. The Kier molecular flexibility index (Phi) is 2.81. The summed E-state index contributed by atoms with van der Waals surface area (Å²) >= 11 is 0. The molecule has 1 saturated heterocycles. The van der Waals surface area contributed by atoms with E-state index in [0.717, 1.165) is 5.56 Å². The molecule has 0 aromatic heterocycles. The Labute approximate surface area is 94.0 Å². The van der Waals surface area contributed by atoms with E-state index in [4.69, 9.17) is 5.73 Å². The van der Waals surface area contributed by atoms with Crippen molar-refractivity contribution in [1.82, 2.24) is 4.90 Å². The maximum absolute atomic E-state index is 12.9. The predicted molar refractivity (Wildman–Crippen MR) is 60.4 cm³/mol. The Morgan fingerprint density at radius 2 is 2.06 bits per heavy atom. The number of hydrogen-bond acceptors (Lipinski definition) is 2. The lowest BCUT2D eigenvalue weighted by Gasteiger charge is -2.24. The summed E-state index contributed by atoms with van der Waals surface area (Å²) in [7, 11) is 1.72. The van der Waals surface area contributed by atoms with Crippen LogP contribution < -0.4 is 5.73 Å². The summed E-state index contributed by atoms with van der Waals surface area (Å²) in [5.74, 6) is -0.231. The number of rotatable bonds is 2. The number of nitrogens with two attached hydrogens (primary N) is 1. The minimum atomic E-state index is -0.467. The Hall–Kier alpha value is -1.58. The lowest BCUT2D eigenvalue weighted by Crippen LogP contribution is -2.24. The van der Waals surface area contributed by atoms with Crippen molar-refractivity contribution in [3.63, 3.8) is 0 Å². The lowest BCUT2D eigenvalue weighted by molar-refractivity contribution is -0.127. The second-order valence-electron chi connectivity index (χ2n) is 4.23. The van der Waals surface area contributed by atoms with Crippen LogP contribution in [0.25, 0.3) is 0 Å². The van der Waals surface area contributed by atoms with E-state index in [0.29, 0.717) is 12.1 Å². The fraction of sp³-hybridized carbons (Fsp3) is 0.417. The van der Waals surface area contributed by atoms with E-state index < -0.39 is 6.67 Å². The summed E-state index contributed by atoms with van der Waals surface area (Å²) in [4.78, 5) is 13.1. The standard InChI is InChI=1S/C12H15FN2O/c1-15-11(16)6-9(7-13)12(15)8-2-4-10(14)5-3-8/h2-5,9,12H,6-7,14H2,1H3. The molecular weight excluding hydrogens is 207 g/mol. The van der Waals surface area contributed by atoms with Crippen LogP contribution in [0.1, 0.15) is 18.0 Å². The van der Waals surface area contributed by atoms with Gasteiger partial charge in [-0.2, -0.15) is 0 Å². The van der Waals surface area contributed by atoms with Gasteiger partial charge < -0.3 is 10.6 Å². The smallest absolute Gasteiger partial charge is 0.223 e. The zero-order valence-electron chi connectivity index (χ0n) is 9.19. The van der Waals surface area contributed by atoms with Crippen LogP contribution in [0.15, 0.2) is 24.3 Å². The van der Waals surface area contributed by atoms with E-state index >= 15 is 0 Å². The molecule has 16 heavy (non-hydrogen) atoms. The minimum Gasteiger partial charge on any atom is -0.399 e. The normalized spacial score (nSPS) is 25.1. The summed E-state index contributed by atoms with van der Waals surface area (Å²) in [6.45, 7) is -0.467. The second-order valence-corrected chi connectivity index (χ2v) is 4.23. The van der Waals surface area contributed by atoms with Crippen LogP contribution >= 0.6 is 0 Å². The average molecular weight is 222 g/mol. The van der Waals surface area contributed by atoms with Gasteiger partial charge in [0.1, 0.15) is 0 Å². The molecule has 1 amide bonds. The summed E-state index contributed by atoms with van der Waals surface area (Å²) < 4.78 is 12.9. The van der Waals surface area contributed by atoms with E-state index in [-0.39, 0.29) is 17.9 Å².